The van der Waals surface area contributed by atoms with Gasteiger partial charge in [-0.1, -0.05) is 4.49 Å². The summed E-state index contributed by atoms with van der Waals surface area (Å²) in [5, 5.41) is 5.89. The average Bonchev–Trinajstić information content (AvgIpc) is 2.41. The normalized spacial score (nSPS) is 10.1. The highest BCUT2D eigenvalue weighted by Crippen LogP contribution is 2.03. The van der Waals surface area contributed by atoms with Crippen LogP contribution in [0.25, 0.3) is 0 Å². The van der Waals surface area contributed by atoms with Crippen molar-refractivity contribution in [3.63, 3.8) is 0 Å². The van der Waals surface area contributed by atoms with E-state index in [-0.39, 0.29) is 0 Å². The Kier molecular flexibility index (Phi) is 3.68. The van der Waals surface area contributed by atoms with E-state index in [4.69, 9.17) is 11.6 Å². The lowest BCUT2D eigenvalue weighted by molar-refractivity contribution is 0.776. The van der Waals surface area contributed by atoms with E-state index >= 15 is 0 Å². The lowest BCUT2D eigenvalue weighted by atomic mass is 10.2. The van der Waals surface area contributed by atoms with Crippen LogP contribution in [0.4, 0.5) is 0 Å². The zero-order chi connectivity index (χ0) is 7.23. The molecule has 0 aliphatic carbocycles. The molecular formula is C6H9ClN2S. The Morgan fingerprint density at radius 3 is 3.00 bits per heavy atom. The fourth-order valence-corrected chi connectivity index (χ4v) is 1.37. The maximum atomic E-state index is 5.51. The summed E-state index contributed by atoms with van der Waals surface area (Å²) in [5.41, 5.74) is 1.09. The molecule has 56 valence electrons. The Balaban J connectivity index is 2.15. The molecule has 10 heavy (non-hydrogen) atoms. The van der Waals surface area contributed by atoms with Crippen molar-refractivity contribution in [2.45, 2.75) is 19.3 Å². The minimum absolute atomic E-state index is 0.748. The van der Waals surface area contributed by atoms with Crippen LogP contribution in [-0.2, 0) is 6.42 Å². The summed E-state index contributed by atoms with van der Waals surface area (Å²) in [5.74, 6) is 0.748. The quantitative estimate of drug-likeness (QED) is 0.519. The maximum Gasteiger partial charge on any atom is 0.0755 e. The first-order valence-electron chi connectivity index (χ1n) is 3.25. The van der Waals surface area contributed by atoms with Crippen molar-refractivity contribution < 1.29 is 0 Å². The van der Waals surface area contributed by atoms with Crippen LogP contribution in [0.1, 0.15) is 18.5 Å². The number of halogens is 1. The second-order valence-electron chi connectivity index (χ2n) is 2.04. The van der Waals surface area contributed by atoms with Crippen LogP contribution >= 0.6 is 23.1 Å². The fraction of sp³-hybridized carbons (Fsp3) is 0.667. The SMILES string of the molecule is ClCCCCc1csnn1. The standard InChI is InChI=1S/C6H9ClN2S/c7-4-2-1-3-6-5-10-9-8-6/h5H,1-4H2. The minimum Gasteiger partial charge on any atom is -0.143 e. The number of nitrogens with zero attached hydrogens (tertiary/aromatic N) is 2. The van der Waals surface area contributed by atoms with Crippen LogP contribution in [0.5, 0.6) is 0 Å². The Morgan fingerprint density at radius 2 is 2.40 bits per heavy atom. The minimum atomic E-state index is 0.748. The molecule has 1 aromatic rings. The number of aromatic nitrogens is 2. The third kappa shape index (κ3) is 2.62. The van der Waals surface area contributed by atoms with E-state index in [9.17, 15) is 0 Å². The van der Waals surface area contributed by atoms with Gasteiger partial charge in [-0.15, -0.1) is 16.7 Å². The predicted octanol–water partition coefficient (Wildman–Crippen LogP) is 2.10. The smallest absolute Gasteiger partial charge is 0.0755 e. The molecule has 0 radical (unpaired) electrons. The summed E-state index contributed by atoms with van der Waals surface area (Å²) >= 11 is 6.91. The van der Waals surface area contributed by atoms with Crippen LogP contribution in [0.2, 0.25) is 0 Å². The molecule has 0 spiro atoms. The third-order valence-corrected chi connectivity index (χ3v) is 2.04. The second-order valence-corrected chi connectivity index (χ2v) is 3.03. The van der Waals surface area contributed by atoms with Crippen molar-refractivity contribution in [3.05, 3.63) is 11.1 Å². The Hall–Kier alpha value is -0.150. The highest BCUT2D eigenvalue weighted by atomic mass is 35.5. The fourth-order valence-electron chi connectivity index (χ4n) is 0.694. The molecule has 2 nitrogen and oxygen atoms in total. The number of unbranched alkanes of at least 4 members (excludes halogenated alkanes) is 1. The number of rotatable bonds is 4. The van der Waals surface area contributed by atoms with Crippen molar-refractivity contribution in [2.24, 2.45) is 0 Å². The second kappa shape index (κ2) is 4.63. The zero-order valence-electron chi connectivity index (χ0n) is 5.59. The Labute approximate surface area is 69.4 Å². The number of hydrogen-bond donors (Lipinski definition) is 0. The Morgan fingerprint density at radius 1 is 1.50 bits per heavy atom. The first kappa shape index (κ1) is 7.95. The molecule has 0 N–H and O–H groups in total. The topological polar surface area (TPSA) is 25.8 Å². The zero-order valence-corrected chi connectivity index (χ0v) is 7.16. The van der Waals surface area contributed by atoms with E-state index in [0.29, 0.717) is 0 Å². The molecule has 1 heterocycles. The van der Waals surface area contributed by atoms with E-state index in [1.165, 1.54) is 11.5 Å². The molecule has 0 atom stereocenters. The van der Waals surface area contributed by atoms with Gasteiger partial charge in [0.15, 0.2) is 0 Å². The summed E-state index contributed by atoms with van der Waals surface area (Å²) in [6.07, 6.45) is 3.21. The first-order chi connectivity index (χ1) is 4.93. The molecule has 0 aromatic carbocycles. The van der Waals surface area contributed by atoms with Gasteiger partial charge in [0.05, 0.1) is 5.69 Å². The highest BCUT2D eigenvalue weighted by Gasteiger charge is 1.94. The maximum absolute atomic E-state index is 5.51. The Bertz CT molecular complexity index is 164. The summed E-state index contributed by atoms with van der Waals surface area (Å²) in [4.78, 5) is 0. The molecule has 0 unspecified atom stereocenters. The molecule has 0 amide bonds. The van der Waals surface area contributed by atoms with Crippen LogP contribution < -0.4 is 0 Å². The summed E-state index contributed by atoms with van der Waals surface area (Å²) < 4.78 is 3.76. The highest BCUT2D eigenvalue weighted by molar-refractivity contribution is 7.03. The molecular weight excluding hydrogens is 168 g/mol. The number of aryl methyl sites for hydroxylation is 1. The monoisotopic (exact) mass is 176 g/mol. The van der Waals surface area contributed by atoms with Gasteiger partial charge in [-0.25, -0.2) is 0 Å². The van der Waals surface area contributed by atoms with Crippen molar-refractivity contribution in [1.82, 2.24) is 9.59 Å². The summed E-state index contributed by atoms with van der Waals surface area (Å²) in [6.45, 7) is 0. The molecule has 0 saturated carbocycles. The van der Waals surface area contributed by atoms with Gasteiger partial charge in [-0.05, 0) is 30.8 Å². The number of alkyl halides is 1. The van der Waals surface area contributed by atoms with E-state index < -0.39 is 0 Å². The summed E-state index contributed by atoms with van der Waals surface area (Å²) in [6, 6.07) is 0. The molecule has 0 bridgehead atoms. The van der Waals surface area contributed by atoms with Gasteiger partial charge in [0, 0.05) is 11.3 Å². The van der Waals surface area contributed by atoms with Gasteiger partial charge in [-0.3, -0.25) is 0 Å². The van der Waals surface area contributed by atoms with Crippen molar-refractivity contribution in [3.8, 4) is 0 Å². The lowest BCUT2D eigenvalue weighted by Gasteiger charge is -1.90. The van der Waals surface area contributed by atoms with Gasteiger partial charge in [0.2, 0.25) is 0 Å². The third-order valence-electron chi connectivity index (χ3n) is 1.22. The van der Waals surface area contributed by atoms with Crippen LogP contribution in [-0.4, -0.2) is 15.5 Å². The molecule has 0 aliphatic heterocycles. The first-order valence-corrected chi connectivity index (χ1v) is 4.62. The molecule has 1 aromatic heterocycles. The average molecular weight is 177 g/mol. The van der Waals surface area contributed by atoms with E-state index in [1.54, 1.807) is 0 Å². The summed E-state index contributed by atoms with van der Waals surface area (Å²) in [7, 11) is 0. The van der Waals surface area contributed by atoms with Gasteiger partial charge in [-0.2, -0.15) is 0 Å². The van der Waals surface area contributed by atoms with Crippen molar-refractivity contribution in [1.29, 1.82) is 0 Å². The van der Waals surface area contributed by atoms with E-state index in [2.05, 4.69) is 9.59 Å². The van der Waals surface area contributed by atoms with E-state index in [0.717, 1.165) is 30.8 Å². The van der Waals surface area contributed by atoms with Gasteiger partial charge < -0.3 is 0 Å². The lowest BCUT2D eigenvalue weighted by Crippen LogP contribution is -1.85. The molecule has 1 rings (SSSR count). The molecule has 4 heteroatoms. The van der Waals surface area contributed by atoms with Crippen LogP contribution in [0, 0.1) is 0 Å². The van der Waals surface area contributed by atoms with Gasteiger partial charge in [0.25, 0.3) is 0 Å². The van der Waals surface area contributed by atoms with Gasteiger partial charge in [0.1, 0.15) is 0 Å². The largest absolute Gasteiger partial charge is 0.143 e. The van der Waals surface area contributed by atoms with Crippen molar-refractivity contribution in [2.75, 3.05) is 5.88 Å². The molecule has 0 aliphatic rings. The number of hydrogen-bond acceptors (Lipinski definition) is 3. The molecule has 0 fully saturated rings. The van der Waals surface area contributed by atoms with Crippen LogP contribution in [0.3, 0.4) is 0 Å². The van der Waals surface area contributed by atoms with Crippen LogP contribution in [0.15, 0.2) is 5.38 Å². The van der Waals surface area contributed by atoms with Gasteiger partial charge >= 0.3 is 0 Å². The predicted molar refractivity (Wildman–Crippen MR) is 43.6 cm³/mol. The molecule has 0 saturated heterocycles. The van der Waals surface area contributed by atoms with E-state index in [1.807, 2.05) is 5.38 Å². The van der Waals surface area contributed by atoms with Crippen molar-refractivity contribution >= 4 is 23.1 Å².